The van der Waals surface area contributed by atoms with Gasteiger partial charge in [-0.15, -0.1) is 0 Å². The summed E-state index contributed by atoms with van der Waals surface area (Å²) in [4.78, 5) is 27.0. The monoisotopic (exact) mass is 270 g/mol. The van der Waals surface area contributed by atoms with Crippen LogP contribution in [-0.4, -0.2) is 30.6 Å². The second-order valence-corrected chi connectivity index (χ2v) is 4.23. The van der Waals surface area contributed by atoms with Crippen LogP contribution in [-0.2, 0) is 14.3 Å². The normalized spacial score (nSPS) is 10.6. The Labute approximate surface area is 108 Å². The Balaban J connectivity index is 2.82. The Bertz CT molecular complexity index is 468. The maximum absolute atomic E-state index is 11.6. The van der Waals surface area contributed by atoms with Crippen LogP contribution in [0.1, 0.15) is 28.7 Å². The molecule has 0 bridgehead atoms. The maximum Gasteiger partial charge on any atom is 0.358 e. The number of nitrogens with two attached hydrogens (primary N) is 1. The number of thiazole rings is 1. The fraction of sp³-hybridized carbons (Fsp3) is 0.364. The summed E-state index contributed by atoms with van der Waals surface area (Å²) in [6, 6.07) is 0. The fourth-order valence-electron chi connectivity index (χ4n) is 1.15. The Morgan fingerprint density at radius 2 is 2.22 bits per heavy atom. The molecule has 0 unspecified atom stereocenters. The van der Waals surface area contributed by atoms with E-state index in [9.17, 15) is 9.59 Å². The Morgan fingerprint density at radius 1 is 1.50 bits per heavy atom. The van der Waals surface area contributed by atoms with E-state index in [-0.39, 0.29) is 29.8 Å². The molecule has 0 radical (unpaired) electrons. The van der Waals surface area contributed by atoms with Gasteiger partial charge in [0.2, 0.25) is 0 Å². The molecule has 0 spiro atoms. The second-order valence-electron chi connectivity index (χ2n) is 3.17. The predicted octanol–water partition coefficient (Wildman–Crippen LogP) is 1.48. The minimum atomic E-state index is -0.525. The Kier molecular flexibility index (Phi) is 5.31. The Hall–Kier alpha value is -1.89. The first kappa shape index (κ1) is 14.2. The van der Waals surface area contributed by atoms with Crippen molar-refractivity contribution in [2.45, 2.75) is 13.3 Å². The number of anilines is 1. The topological polar surface area (TPSA) is 91.5 Å². The summed E-state index contributed by atoms with van der Waals surface area (Å²) in [7, 11) is 1.31. The summed E-state index contributed by atoms with van der Waals surface area (Å²) in [5, 5.41) is 0.274. The van der Waals surface area contributed by atoms with Gasteiger partial charge >= 0.3 is 11.9 Å². The molecule has 18 heavy (non-hydrogen) atoms. The first-order valence-electron chi connectivity index (χ1n) is 5.25. The lowest BCUT2D eigenvalue weighted by atomic mass is 10.3. The Morgan fingerprint density at radius 3 is 2.83 bits per heavy atom. The number of methoxy groups -OCH3 is 1. The van der Waals surface area contributed by atoms with Crippen LogP contribution in [0.25, 0.3) is 6.08 Å². The molecule has 1 aromatic rings. The minimum Gasteiger partial charge on any atom is -0.469 e. The van der Waals surface area contributed by atoms with Crippen LogP contribution in [0.15, 0.2) is 6.08 Å². The highest BCUT2D eigenvalue weighted by Crippen LogP contribution is 2.22. The van der Waals surface area contributed by atoms with E-state index in [1.165, 1.54) is 7.11 Å². The van der Waals surface area contributed by atoms with Crippen molar-refractivity contribution in [1.29, 1.82) is 0 Å². The molecule has 7 heteroatoms. The third kappa shape index (κ3) is 3.85. The maximum atomic E-state index is 11.6. The zero-order valence-corrected chi connectivity index (χ0v) is 11.0. The number of nitrogen functional groups attached to an aromatic ring is 1. The summed E-state index contributed by atoms with van der Waals surface area (Å²) in [5.41, 5.74) is 5.71. The average Bonchev–Trinajstić information content (AvgIpc) is 2.70. The van der Waals surface area contributed by atoms with Crippen molar-refractivity contribution in [2.24, 2.45) is 0 Å². The van der Waals surface area contributed by atoms with Crippen molar-refractivity contribution < 1.29 is 19.1 Å². The van der Waals surface area contributed by atoms with Gasteiger partial charge in [-0.05, 0) is 13.0 Å². The number of nitrogens with zero attached hydrogens (tertiary/aromatic N) is 1. The number of esters is 2. The zero-order valence-electron chi connectivity index (χ0n) is 10.1. The molecule has 0 aromatic carbocycles. The van der Waals surface area contributed by atoms with Crippen LogP contribution in [0.3, 0.4) is 0 Å². The minimum absolute atomic E-state index is 0.122. The van der Waals surface area contributed by atoms with Crippen LogP contribution in [0, 0.1) is 0 Å². The van der Waals surface area contributed by atoms with E-state index < -0.39 is 5.97 Å². The lowest BCUT2D eigenvalue weighted by Gasteiger charge is -1.98. The van der Waals surface area contributed by atoms with Crippen LogP contribution < -0.4 is 5.73 Å². The molecule has 0 amide bonds. The lowest BCUT2D eigenvalue weighted by Crippen LogP contribution is -2.06. The van der Waals surface area contributed by atoms with Crippen molar-refractivity contribution in [3.63, 3.8) is 0 Å². The van der Waals surface area contributed by atoms with Gasteiger partial charge < -0.3 is 15.2 Å². The molecule has 0 saturated carbocycles. The number of ether oxygens (including phenoxy) is 2. The zero-order chi connectivity index (χ0) is 13.5. The van der Waals surface area contributed by atoms with Gasteiger partial charge in [0.15, 0.2) is 10.8 Å². The van der Waals surface area contributed by atoms with Crippen LogP contribution in [0.2, 0.25) is 0 Å². The fourth-order valence-corrected chi connectivity index (χ4v) is 1.91. The number of rotatable bonds is 5. The third-order valence-electron chi connectivity index (χ3n) is 1.92. The van der Waals surface area contributed by atoms with Crippen LogP contribution >= 0.6 is 11.3 Å². The van der Waals surface area contributed by atoms with E-state index >= 15 is 0 Å². The van der Waals surface area contributed by atoms with Gasteiger partial charge in [-0.2, -0.15) is 0 Å². The summed E-state index contributed by atoms with van der Waals surface area (Å²) >= 11 is 1.15. The van der Waals surface area contributed by atoms with Gasteiger partial charge in [-0.1, -0.05) is 17.4 Å². The lowest BCUT2D eigenvalue weighted by molar-refractivity contribution is -0.139. The summed E-state index contributed by atoms with van der Waals surface area (Å²) in [5.74, 6) is -0.885. The molecule has 0 aliphatic heterocycles. The van der Waals surface area contributed by atoms with E-state index in [0.29, 0.717) is 4.88 Å². The van der Waals surface area contributed by atoms with Gasteiger partial charge in [0.1, 0.15) is 0 Å². The van der Waals surface area contributed by atoms with Crippen molar-refractivity contribution in [3.8, 4) is 0 Å². The van der Waals surface area contributed by atoms with E-state index in [1.54, 1.807) is 19.1 Å². The van der Waals surface area contributed by atoms with Crippen molar-refractivity contribution >= 4 is 34.5 Å². The molecule has 0 atom stereocenters. The highest BCUT2D eigenvalue weighted by molar-refractivity contribution is 7.16. The number of carbonyl (C=O) groups is 2. The molecule has 6 nitrogen and oxygen atoms in total. The molecule has 0 fully saturated rings. The van der Waals surface area contributed by atoms with E-state index in [1.807, 2.05) is 0 Å². The highest BCUT2D eigenvalue weighted by Gasteiger charge is 2.16. The van der Waals surface area contributed by atoms with E-state index in [4.69, 9.17) is 10.5 Å². The molecule has 0 saturated heterocycles. The molecular formula is C11H14N2O4S. The number of hydrogen-bond donors (Lipinski definition) is 1. The standard InChI is InChI=1S/C11H14N2O4S/c1-3-17-10(15)9-7(18-11(12)13-9)5-4-6-8(14)16-2/h4-5H,3,6H2,1-2H3,(H2,12,13). The molecule has 1 aromatic heterocycles. The highest BCUT2D eigenvalue weighted by atomic mass is 32.1. The first-order valence-corrected chi connectivity index (χ1v) is 6.06. The van der Waals surface area contributed by atoms with Crippen molar-refractivity contribution in [3.05, 3.63) is 16.6 Å². The van der Waals surface area contributed by atoms with Gasteiger partial charge in [0.05, 0.1) is 25.0 Å². The number of hydrogen-bond acceptors (Lipinski definition) is 7. The molecule has 0 aliphatic carbocycles. The first-order chi connectivity index (χ1) is 8.58. The van der Waals surface area contributed by atoms with E-state index in [2.05, 4.69) is 9.72 Å². The van der Waals surface area contributed by atoms with Gasteiger partial charge in [0.25, 0.3) is 0 Å². The van der Waals surface area contributed by atoms with Crippen molar-refractivity contribution in [2.75, 3.05) is 19.5 Å². The molecule has 0 aliphatic rings. The van der Waals surface area contributed by atoms with Gasteiger partial charge in [0, 0.05) is 0 Å². The average molecular weight is 270 g/mol. The molecule has 2 N–H and O–H groups in total. The predicted molar refractivity (Wildman–Crippen MR) is 68.1 cm³/mol. The molecule has 1 rings (SSSR count). The second kappa shape index (κ2) is 6.75. The molecule has 1 heterocycles. The van der Waals surface area contributed by atoms with E-state index in [0.717, 1.165) is 11.3 Å². The third-order valence-corrected chi connectivity index (χ3v) is 2.77. The van der Waals surface area contributed by atoms with Crippen molar-refractivity contribution in [1.82, 2.24) is 4.98 Å². The summed E-state index contributed by atoms with van der Waals surface area (Å²) in [6.07, 6.45) is 3.31. The smallest absolute Gasteiger partial charge is 0.358 e. The SMILES string of the molecule is CCOC(=O)c1nc(N)sc1C=CCC(=O)OC. The molecule has 98 valence electrons. The summed E-state index contributed by atoms with van der Waals surface area (Å²) in [6.45, 7) is 1.97. The molecular weight excluding hydrogens is 256 g/mol. The van der Waals surface area contributed by atoms with Gasteiger partial charge in [-0.25, -0.2) is 9.78 Å². The number of carbonyl (C=O) groups excluding carboxylic acids is 2. The van der Waals surface area contributed by atoms with Crippen LogP contribution in [0.4, 0.5) is 5.13 Å². The number of aromatic nitrogens is 1. The quantitative estimate of drug-likeness (QED) is 0.815. The van der Waals surface area contributed by atoms with Gasteiger partial charge in [-0.3, -0.25) is 4.79 Å². The largest absolute Gasteiger partial charge is 0.469 e. The van der Waals surface area contributed by atoms with Crippen LogP contribution in [0.5, 0.6) is 0 Å². The summed E-state index contributed by atoms with van der Waals surface area (Å²) < 4.78 is 9.35.